The number of imide groups is 1. The van der Waals surface area contributed by atoms with Crippen molar-refractivity contribution in [1.82, 2.24) is 9.47 Å². The number of nitrogens with zero attached hydrogens (tertiary/aromatic N) is 3. The van der Waals surface area contributed by atoms with E-state index >= 15 is 0 Å². The van der Waals surface area contributed by atoms with Crippen LogP contribution in [0.25, 0.3) is 11.8 Å². The smallest absolute Gasteiger partial charge is 0.293 e. The first-order chi connectivity index (χ1) is 15.7. The van der Waals surface area contributed by atoms with Crippen molar-refractivity contribution in [1.29, 1.82) is 0 Å². The molecule has 2 heterocycles. The molecule has 0 radical (unpaired) electrons. The van der Waals surface area contributed by atoms with Gasteiger partial charge in [0.05, 0.1) is 32.1 Å². The summed E-state index contributed by atoms with van der Waals surface area (Å²) < 4.78 is 1.93. The number of aryl methyl sites for hydroxylation is 1. The van der Waals surface area contributed by atoms with E-state index < -0.39 is 16.1 Å². The van der Waals surface area contributed by atoms with Crippen LogP contribution in [0.1, 0.15) is 22.5 Å². The van der Waals surface area contributed by atoms with E-state index in [0.29, 0.717) is 21.3 Å². The quantitative estimate of drug-likeness (QED) is 0.225. The molecule has 0 N–H and O–H groups in total. The summed E-state index contributed by atoms with van der Waals surface area (Å²) in [6.07, 6.45) is 1.65. The monoisotopic (exact) mass is 501 g/mol. The first-order valence-corrected chi connectivity index (χ1v) is 11.4. The number of para-hydroxylation sites is 1. The van der Waals surface area contributed by atoms with Crippen molar-refractivity contribution < 1.29 is 14.5 Å². The zero-order valence-corrected chi connectivity index (χ0v) is 19.9. The summed E-state index contributed by atoms with van der Waals surface area (Å²) in [5.41, 5.74) is 3.31. The molecule has 4 rings (SSSR count). The molecule has 2 aromatic carbocycles. The van der Waals surface area contributed by atoms with Crippen LogP contribution >= 0.6 is 35.0 Å². The Morgan fingerprint density at radius 2 is 1.82 bits per heavy atom. The molecule has 10 heteroatoms. The van der Waals surface area contributed by atoms with Gasteiger partial charge in [-0.25, -0.2) is 0 Å². The molecule has 33 heavy (non-hydrogen) atoms. The maximum absolute atomic E-state index is 13.0. The lowest BCUT2D eigenvalue weighted by atomic mass is 10.1. The Morgan fingerprint density at radius 3 is 2.55 bits per heavy atom. The number of hydrogen-bond acceptors (Lipinski definition) is 5. The van der Waals surface area contributed by atoms with E-state index in [4.69, 9.17) is 23.2 Å². The number of halogens is 2. The molecule has 168 valence electrons. The molecule has 1 aliphatic rings. The fraction of sp³-hybridized carbons (Fsp3) is 0.130. The van der Waals surface area contributed by atoms with Crippen molar-refractivity contribution in [3.05, 3.63) is 96.1 Å². The van der Waals surface area contributed by atoms with Crippen LogP contribution in [-0.2, 0) is 11.3 Å². The van der Waals surface area contributed by atoms with E-state index in [9.17, 15) is 19.7 Å². The molecule has 1 saturated heterocycles. The summed E-state index contributed by atoms with van der Waals surface area (Å²) in [6, 6.07) is 13.3. The molecule has 0 bridgehead atoms. The van der Waals surface area contributed by atoms with Crippen LogP contribution < -0.4 is 0 Å². The van der Waals surface area contributed by atoms with Crippen LogP contribution in [0.4, 0.5) is 10.5 Å². The Labute approximate surface area is 203 Å². The number of thioether (sulfide) groups is 1. The highest BCUT2D eigenvalue weighted by Crippen LogP contribution is 2.36. The van der Waals surface area contributed by atoms with Crippen molar-refractivity contribution in [2.75, 3.05) is 0 Å². The number of hydrogen-bond donors (Lipinski definition) is 0. The summed E-state index contributed by atoms with van der Waals surface area (Å²) in [4.78, 5) is 37.5. The molecule has 1 aromatic heterocycles. The fourth-order valence-electron chi connectivity index (χ4n) is 3.74. The van der Waals surface area contributed by atoms with E-state index in [1.54, 1.807) is 24.3 Å². The number of amides is 2. The molecule has 3 aromatic rings. The maximum Gasteiger partial charge on any atom is 0.293 e. The predicted molar refractivity (Wildman–Crippen MR) is 130 cm³/mol. The first kappa shape index (κ1) is 23.1. The van der Waals surface area contributed by atoms with E-state index in [1.807, 2.05) is 30.5 Å². The van der Waals surface area contributed by atoms with Crippen LogP contribution in [0.2, 0.25) is 10.0 Å². The van der Waals surface area contributed by atoms with Gasteiger partial charge in [0.15, 0.2) is 0 Å². The number of rotatable bonds is 5. The van der Waals surface area contributed by atoms with Gasteiger partial charge in [0.25, 0.3) is 16.8 Å². The lowest BCUT2D eigenvalue weighted by Gasteiger charge is -2.13. The minimum Gasteiger partial charge on any atom is -0.316 e. The fourth-order valence-corrected chi connectivity index (χ4v) is 4.95. The van der Waals surface area contributed by atoms with Crippen molar-refractivity contribution in [3.63, 3.8) is 0 Å². The number of benzene rings is 2. The van der Waals surface area contributed by atoms with Crippen molar-refractivity contribution >= 4 is 57.9 Å². The van der Waals surface area contributed by atoms with Gasteiger partial charge in [0.2, 0.25) is 0 Å². The van der Waals surface area contributed by atoms with Gasteiger partial charge in [0, 0.05) is 23.0 Å². The van der Waals surface area contributed by atoms with Gasteiger partial charge in [-0.05, 0) is 55.4 Å². The number of carbonyl (C=O) groups is 2. The maximum atomic E-state index is 13.0. The number of carbonyl (C=O) groups excluding carboxylic acids is 2. The zero-order valence-electron chi connectivity index (χ0n) is 17.5. The third-order valence-electron chi connectivity index (χ3n) is 5.32. The molecule has 0 saturated carbocycles. The first-order valence-electron chi connectivity index (χ1n) is 9.80. The summed E-state index contributed by atoms with van der Waals surface area (Å²) in [5.74, 6) is -0.492. The van der Waals surface area contributed by atoms with Gasteiger partial charge in [0.1, 0.15) is 0 Å². The van der Waals surface area contributed by atoms with Crippen molar-refractivity contribution in [2.45, 2.75) is 20.4 Å². The van der Waals surface area contributed by atoms with E-state index in [1.165, 1.54) is 18.2 Å². The van der Waals surface area contributed by atoms with E-state index in [2.05, 4.69) is 0 Å². The van der Waals surface area contributed by atoms with Gasteiger partial charge >= 0.3 is 0 Å². The lowest BCUT2D eigenvalue weighted by molar-refractivity contribution is -0.385. The highest BCUT2D eigenvalue weighted by atomic mass is 35.5. The molecule has 0 spiro atoms. The average molecular weight is 502 g/mol. The summed E-state index contributed by atoms with van der Waals surface area (Å²) in [5, 5.41) is 11.6. The van der Waals surface area contributed by atoms with Crippen molar-refractivity contribution in [3.8, 4) is 5.69 Å². The van der Waals surface area contributed by atoms with E-state index in [0.717, 1.165) is 33.6 Å². The second-order valence-corrected chi connectivity index (χ2v) is 9.17. The molecule has 1 aliphatic heterocycles. The molecule has 0 atom stereocenters. The SMILES string of the molecule is Cc1cc(/C=C2\SC(=O)N(Cc3ccccc3[N+](=O)[O-])C2=O)c(C)n1-c1cccc(Cl)c1Cl. The minimum absolute atomic E-state index is 0.137. The Kier molecular flexibility index (Phi) is 6.34. The number of aromatic nitrogens is 1. The number of nitro benzene ring substituents is 1. The van der Waals surface area contributed by atoms with Crippen molar-refractivity contribution in [2.24, 2.45) is 0 Å². The highest BCUT2D eigenvalue weighted by molar-refractivity contribution is 8.18. The molecule has 0 unspecified atom stereocenters. The number of nitro groups is 1. The average Bonchev–Trinajstić information content (AvgIpc) is 3.20. The molecule has 2 amide bonds. The Bertz CT molecular complexity index is 1350. The van der Waals surface area contributed by atoms with Crippen LogP contribution in [0.15, 0.2) is 53.4 Å². The zero-order chi connectivity index (χ0) is 23.9. The van der Waals surface area contributed by atoms with E-state index in [-0.39, 0.29) is 17.1 Å². The van der Waals surface area contributed by atoms with Gasteiger partial charge in [-0.1, -0.05) is 47.5 Å². The lowest BCUT2D eigenvalue weighted by Crippen LogP contribution is -2.27. The summed E-state index contributed by atoms with van der Waals surface area (Å²) >= 11 is 13.4. The Morgan fingerprint density at radius 1 is 1.09 bits per heavy atom. The summed E-state index contributed by atoms with van der Waals surface area (Å²) in [6.45, 7) is 3.62. The highest BCUT2D eigenvalue weighted by Gasteiger charge is 2.36. The normalized spacial score (nSPS) is 15.0. The third-order valence-corrected chi connectivity index (χ3v) is 7.04. The molecule has 7 nitrogen and oxygen atoms in total. The van der Waals surface area contributed by atoms with Crippen LogP contribution in [0.5, 0.6) is 0 Å². The standard InChI is InChI=1S/C23H17Cl2N3O4S/c1-13-10-16(14(2)27(13)19-9-5-7-17(24)21(19)25)11-20-22(29)26(23(30)33-20)12-15-6-3-4-8-18(15)28(31)32/h3-11H,12H2,1-2H3/b20-11-. The molecule has 1 fully saturated rings. The third kappa shape index (κ3) is 4.29. The van der Waals surface area contributed by atoms with Crippen LogP contribution in [-0.4, -0.2) is 25.5 Å². The Balaban J connectivity index is 1.66. The van der Waals surface area contributed by atoms with Gasteiger partial charge < -0.3 is 4.57 Å². The predicted octanol–water partition coefficient (Wildman–Crippen LogP) is 6.55. The van der Waals surface area contributed by atoms with Gasteiger partial charge in [-0.3, -0.25) is 24.6 Å². The molecular formula is C23H17Cl2N3O4S. The van der Waals surface area contributed by atoms with Crippen LogP contribution in [0.3, 0.4) is 0 Å². The largest absolute Gasteiger partial charge is 0.316 e. The molecular weight excluding hydrogens is 485 g/mol. The van der Waals surface area contributed by atoms with Gasteiger partial charge in [-0.2, -0.15) is 0 Å². The second kappa shape index (κ2) is 9.05. The molecule has 0 aliphatic carbocycles. The summed E-state index contributed by atoms with van der Waals surface area (Å²) in [7, 11) is 0. The van der Waals surface area contributed by atoms with Crippen LogP contribution in [0, 0.1) is 24.0 Å². The minimum atomic E-state index is -0.528. The Hall–Kier alpha value is -3.07. The topological polar surface area (TPSA) is 85.5 Å². The van der Waals surface area contributed by atoms with Gasteiger partial charge in [-0.15, -0.1) is 0 Å². The second-order valence-electron chi connectivity index (χ2n) is 7.39.